The zero-order valence-corrected chi connectivity index (χ0v) is 14.0. The smallest absolute Gasteiger partial charge is 0.132 e. The average molecular weight is 309 g/mol. The Bertz CT molecular complexity index is 594. The molecule has 0 aliphatic heterocycles. The molecule has 1 aromatic heterocycles. The summed E-state index contributed by atoms with van der Waals surface area (Å²) in [6, 6.07) is 5.69. The van der Waals surface area contributed by atoms with E-state index in [2.05, 4.69) is 33.0 Å². The Morgan fingerprint density at radius 2 is 2.05 bits per heavy atom. The minimum Gasteiger partial charge on any atom is -0.374 e. The number of benzene rings is 1. The number of fused-ring (bicyclic) bond motifs is 1. The maximum atomic E-state index is 14.2. The molecule has 0 aliphatic rings. The van der Waals surface area contributed by atoms with Gasteiger partial charge in [-0.2, -0.15) is 0 Å². The van der Waals surface area contributed by atoms with Gasteiger partial charge in [0.1, 0.15) is 5.82 Å². The van der Waals surface area contributed by atoms with E-state index in [0.29, 0.717) is 12.6 Å². The Labute approximate surface area is 130 Å². The maximum absolute atomic E-state index is 14.2. The predicted octanol–water partition coefficient (Wildman–Crippen LogP) is 4.85. The minimum atomic E-state index is -0.151. The van der Waals surface area contributed by atoms with Gasteiger partial charge in [-0.25, -0.2) is 4.39 Å². The van der Waals surface area contributed by atoms with E-state index in [1.54, 1.807) is 17.4 Å². The molecule has 4 heteroatoms. The van der Waals surface area contributed by atoms with Gasteiger partial charge < -0.3 is 10.1 Å². The van der Waals surface area contributed by atoms with Gasteiger partial charge in [0.25, 0.3) is 0 Å². The van der Waals surface area contributed by atoms with Gasteiger partial charge >= 0.3 is 0 Å². The van der Waals surface area contributed by atoms with E-state index in [-0.39, 0.29) is 11.9 Å². The first-order valence-corrected chi connectivity index (χ1v) is 8.38. The second-order valence-corrected chi connectivity index (χ2v) is 6.82. The van der Waals surface area contributed by atoms with Crippen molar-refractivity contribution in [1.82, 2.24) is 5.32 Å². The van der Waals surface area contributed by atoms with Crippen LogP contribution in [0.1, 0.15) is 44.6 Å². The third-order valence-electron chi connectivity index (χ3n) is 3.60. The summed E-state index contributed by atoms with van der Waals surface area (Å²) < 4.78 is 21.1. The third-order valence-corrected chi connectivity index (χ3v) is 4.80. The highest BCUT2D eigenvalue weighted by molar-refractivity contribution is 7.19. The first-order valence-electron chi connectivity index (χ1n) is 7.56. The van der Waals surface area contributed by atoms with Crippen LogP contribution in [0.5, 0.6) is 0 Å². The van der Waals surface area contributed by atoms with Crippen LogP contribution in [0.15, 0.2) is 18.2 Å². The molecule has 2 rings (SSSR count). The lowest BCUT2D eigenvalue weighted by molar-refractivity contribution is 0.0512. The Morgan fingerprint density at radius 1 is 1.29 bits per heavy atom. The molecule has 0 fully saturated rings. The number of thiophene rings is 1. The second-order valence-electron chi connectivity index (χ2n) is 5.68. The van der Waals surface area contributed by atoms with Crippen LogP contribution in [0.4, 0.5) is 4.39 Å². The molecule has 1 atom stereocenters. The molecule has 2 aromatic rings. The Hall–Kier alpha value is -0.970. The highest BCUT2D eigenvalue weighted by Gasteiger charge is 2.16. The Morgan fingerprint density at radius 3 is 2.71 bits per heavy atom. The van der Waals surface area contributed by atoms with Crippen molar-refractivity contribution < 1.29 is 9.13 Å². The number of hydrogen-bond acceptors (Lipinski definition) is 3. The van der Waals surface area contributed by atoms with Crippen LogP contribution in [-0.2, 0) is 17.9 Å². The van der Waals surface area contributed by atoms with Crippen molar-refractivity contribution in [2.45, 2.75) is 59.4 Å². The van der Waals surface area contributed by atoms with Gasteiger partial charge in [0, 0.05) is 33.1 Å². The summed E-state index contributed by atoms with van der Waals surface area (Å²) in [5.41, 5.74) is 1.00. The number of nitrogens with one attached hydrogen (secondary N) is 1. The third kappa shape index (κ3) is 4.02. The van der Waals surface area contributed by atoms with Crippen LogP contribution in [0.3, 0.4) is 0 Å². The van der Waals surface area contributed by atoms with E-state index in [1.807, 2.05) is 6.07 Å². The van der Waals surface area contributed by atoms with Gasteiger partial charge in [0.15, 0.2) is 0 Å². The summed E-state index contributed by atoms with van der Waals surface area (Å²) in [7, 11) is 0. The summed E-state index contributed by atoms with van der Waals surface area (Å²) in [5.74, 6) is -0.151. The number of ether oxygens (including phenoxy) is 1. The minimum absolute atomic E-state index is 0.151. The van der Waals surface area contributed by atoms with Gasteiger partial charge in [-0.3, -0.25) is 0 Å². The maximum Gasteiger partial charge on any atom is 0.132 e. The van der Waals surface area contributed by atoms with Gasteiger partial charge in [-0.15, -0.1) is 11.3 Å². The summed E-state index contributed by atoms with van der Waals surface area (Å²) >= 11 is 1.66. The average Bonchev–Trinajstić information content (AvgIpc) is 2.81. The largest absolute Gasteiger partial charge is 0.374 e. The molecule has 1 aromatic carbocycles. The van der Waals surface area contributed by atoms with Crippen molar-refractivity contribution in [1.29, 1.82) is 0 Å². The van der Waals surface area contributed by atoms with Gasteiger partial charge in [0.2, 0.25) is 0 Å². The van der Waals surface area contributed by atoms with E-state index in [9.17, 15) is 4.39 Å². The highest BCUT2D eigenvalue weighted by Crippen LogP contribution is 2.34. The van der Waals surface area contributed by atoms with Gasteiger partial charge in [-0.05, 0) is 25.5 Å². The lowest BCUT2D eigenvalue weighted by atomic mass is 10.1. The fraction of sp³-hybridized carbons (Fsp3) is 0.529. The summed E-state index contributed by atoms with van der Waals surface area (Å²) in [6.45, 7) is 9.61. The van der Waals surface area contributed by atoms with Crippen LogP contribution >= 0.6 is 11.3 Å². The SMILES string of the molecule is CCC(C)OCc1c(CNC(C)C)sc2cccc(F)c12. The Balaban J connectivity index is 2.34. The van der Waals surface area contributed by atoms with Crippen molar-refractivity contribution in [2.75, 3.05) is 0 Å². The molecule has 0 amide bonds. The molecule has 1 heterocycles. The molecule has 2 nitrogen and oxygen atoms in total. The van der Waals surface area contributed by atoms with Gasteiger partial charge in [-0.1, -0.05) is 26.8 Å². The van der Waals surface area contributed by atoms with Crippen LogP contribution in [0.2, 0.25) is 0 Å². The lowest BCUT2D eigenvalue weighted by Gasteiger charge is -2.13. The molecular formula is C17H24FNOS. The van der Waals surface area contributed by atoms with Crippen molar-refractivity contribution >= 4 is 21.4 Å². The van der Waals surface area contributed by atoms with Gasteiger partial charge in [0.05, 0.1) is 12.7 Å². The molecule has 0 saturated carbocycles. The quantitative estimate of drug-likeness (QED) is 0.789. The van der Waals surface area contributed by atoms with Crippen molar-refractivity contribution in [2.24, 2.45) is 0 Å². The van der Waals surface area contributed by atoms with E-state index in [0.717, 1.165) is 28.6 Å². The molecule has 0 aliphatic carbocycles. The van der Waals surface area contributed by atoms with E-state index in [1.165, 1.54) is 10.9 Å². The molecule has 1 N–H and O–H groups in total. The van der Waals surface area contributed by atoms with E-state index >= 15 is 0 Å². The zero-order valence-electron chi connectivity index (χ0n) is 13.2. The number of halogens is 1. The fourth-order valence-electron chi connectivity index (χ4n) is 2.15. The number of hydrogen-bond donors (Lipinski definition) is 1. The second kappa shape index (κ2) is 7.34. The highest BCUT2D eigenvalue weighted by atomic mass is 32.1. The summed E-state index contributed by atoms with van der Waals surface area (Å²) in [4.78, 5) is 1.17. The monoisotopic (exact) mass is 309 g/mol. The standard InChI is InChI=1S/C17H24FNOS/c1-5-12(4)20-10-13-16(9-19-11(2)3)21-15-8-6-7-14(18)17(13)15/h6-8,11-12,19H,5,9-10H2,1-4H3. The zero-order chi connectivity index (χ0) is 15.4. The lowest BCUT2D eigenvalue weighted by Crippen LogP contribution is -2.22. The first kappa shape index (κ1) is 16.4. The first-order chi connectivity index (χ1) is 10.0. The van der Waals surface area contributed by atoms with Crippen molar-refractivity contribution in [3.63, 3.8) is 0 Å². The summed E-state index contributed by atoms with van der Waals surface area (Å²) in [5, 5.41) is 4.14. The topological polar surface area (TPSA) is 21.3 Å². The molecular weight excluding hydrogens is 285 g/mol. The number of rotatable bonds is 7. The van der Waals surface area contributed by atoms with Crippen molar-refractivity contribution in [3.05, 3.63) is 34.5 Å². The van der Waals surface area contributed by atoms with Crippen LogP contribution in [0, 0.1) is 5.82 Å². The molecule has 0 saturated heterocycles. The fourth-order valence-corrected chi connectivity index (χ4v) is 3.33. The predicted molar refractivity (Wildman–Crippen MR) is 88.3 cm³/mol. The van der Waals surface area contributed by atoms with Crippen LogP contribution in [0.25, 0.3) is 10.1 Å². The molecule has 0 radical (unpaired) electrons. The van der Waals surface area contributed by atoms with Crippen molar-refractivity contribution in [3.8, 4) is 0 Å². The normalized spacial score (nSPS) is 13.2. The molecule has 116 valence electrons. The molecule has 0 spiro atoms. The molecule has 21 heavy (non-hydrogen) atoms. The van der Waals surface area contributed by atoms with Crippen LogP contribution in [-0.4, -0.2) is 12.1 Å². The van der Waals surface area contributed by atoms with Crippen LogP contribution < -0.4 is 5.32 Å². The van der Waals surface area contributed by atoms with E-state index < -0.39 is 0 Å². The Kier molecular flexibility index (Phi) is 5.73. The molecule has 0 bridgehead atoms. The summed E-state index contributed by atoms with van der Waals surface area (Å²) in [6.07, 6.45) is 1.15. The van der Waals surface area contributed by atoms with E-state index in [4.69, 9.17) is 4.74 Å². The molecule has 1 unspecified atom stereocenters.